The van der Waals surface area contributed by atoms with Crippen molar-refractivity contribution in [3.63, 3.8) is 0 Å². The second-order valence-electron chi connectivity index (χ2n) is 5.09. The Morgan fingerprint density at radius 3 is 2.67 bits per heavy atom. The normalized spacial score (nSPS) is 19.0. The fraction of sp³-hybridized carbons (Fsp3) is 0.231. The van der Waals surface area contributed by atoms with Crippen LogP contribution in [0.25, 0.3) is 11.1 Å². The lowest BCUT2D eigenvalue weighted by molar-refractivity contribution is 0.0998. The van der Waals surface area contributed by atoms with E-state index in [1.54, 1.807) is 23.1 Å². The number of phenols is 1. The van der Waals surface area contributed by atoms with E-state index in [1.165, 1.54) is 12.1 Å². The van der Waals surface area contributed by atoms with E-state index in [1.807, 2.05) is 0 Å². The van der Waals surface area contributed by atoms with Crippen molar-refractivity contribution in [3.05, 3.63) is 36.2 Å². The van der Waals surface area contributed by atoms with Crippen molar-refractivity contribution in [2.75, 3.05) is 11.5 Å². The molecule has 5 N–H and O–H groups in total. The first-order valence-electron chi connectivity index (χ1n) is 6.27. The van der Waals surface area contributed by atoms with Crippen molar-refractivity contribution in [2.45, 2.75) is 6.04 Å². The lowest BCUT2D eigenvalue weighted by Crippen LogP contribution is -2.34. The van der Waals surface area contributed by atoms with Gasteiger partial charge in [0.2, 0.25) is 0 Å². The summed E-state index contributed by atoms with van der Waals surface area (Å²) in [5.41, 5.74) is 6.73. The molecule has 7 nitrogen and oxygen atoms in total. The Morgan fingerprint density at radius 1 is 1.33 bits per heavy atom. The Kier molecular flexibility index (Phi) is 3.16. The van der Waals surface area contributed by atoms with Crippen LogP contribution in [0.15, 0.2) is 30.6 Å². The molecule has 0 atom stereocenters. The first kappa shape index (κ1) is 13.9. The van der Waals surface area contributed by atoms with Gasteiger partial charge < -0.3 is 10.8 Å². The van der Waals surface area contributed by atoms with Crippen LogP contribution in [0.2, 0.25) is 0 Å². The van der Waals surface area contributed by atoms with Gasteiger partial charge in [-0.15, -0.1) is 0 Å². The number of amides is 1. The number of carbonyl (C=O) groups excluding carboxylic acids is 1. The molecule has 1 aliphatic rings. The topological polar surface area (TPSA) is 122 Å². The predicted molar refractivity (Wildman–Crippen MR) is 79.5 cm³/mol. The van der Waals surface area contributed by atoms with E-state index >= 15 is 0 Å². The molecule has 3 rings (SSSR count). The molecule has 0 spiro atoms. The smallest absolute Gasteiger partial charge is 0.252 e. The highest BCUT2D eigenvalue weighted by atomic mass is 32.3. The van der Waals surface area contributed by atoms with Crippen molar-refractivity contribution >= 4 is 16.5 Å². The molecule has 1 aliphatic heterocycles. The summed E-state index contributed by atoms with van der Waals surface area (Å²) in [5.74, 6) is -0.229. The SMILES string of the molecule is NC(=O)c1cc(-c2cnn(C3CS(O)(O)C3)c2)ccc1O. The molecule has 2 aromatic rings. The summed E-state index contributed by atoms with van der Waals surface area (Å²) in [5, 5.41) is 13.8. The van der Waals surface area contributed by atoms with Gasteiger partial charge in [0.05, 0.1) is 29.3 Å². The number of carbonyl (C=O) groups is 1. The number of aromatic nitrogens is 2. The highest BCUT2D eigenvalue weighted by molar-refractivity contribution is 8.25. The predicted octanol–water partition coefficient (Wildman–Crippen LogP) is 1.66. The van der Waals surface area contributed by atoms with Crippen molar-refractivity contribution in [2.24, 2.45) is 5.73 Å². The Balaban J connectivity index is 1.87. The molecule has 1 saturated heterocycles. The van der Waals surface area contributed by atoms with E-state index in [0.717, 1.165) is 5.56 Å². The summed E-state index contributed by atoms with van der Waals surface area (Å²) in [4.78, 5) is 11.2. The monoisotopic (exact) mass is 309 g/mol. The lowest BCUT2D eigenvalue weighted by atomic mass is 10.1. The molecular formula is C13H15N3O4S. The number of benzene rings is 1. The van der Waals surface area contributed by atoms with Crippen LogP contribution in [0.4, 0.5) is 0 Å². The lowest BCUT2D eigenvalue weighted by Gasteiger charge is -2.46. The number of nitrogens with two attached hydrogens (primary N) is 1. The number of aromatic hydroxyl groups is 1. The van der Waals surface area contributed by atoms with E-state index in [2.05, 4.69) is 5.10 Å². The first-order valence-corrected chi connectivity index (χ1v) is 8.15. The molecule has 8 heteroatoms. The number of primary amides is 1. The average molecular weight is 309 g/mol. The van der Waals surface area contributed by atoms with E-state index in [0.29, 0.717) is 17.1 Å². The summed E-state index contributed by atoms with van der Waals surface area (Å²) in [6.45, 7) is 0. The maximum Gasteiger partial charge on any atom is 0.252 e. The van der Waals surface area contributed by atoms with Gasteiger partial charge in [-0.05, 0) is 17.7 Å². The van der Waals surface area contributed by atoms with Gasteiger partial charge in [0.25, 0.3) is 5.91 Å². The Morgan fingerprint density at radius 2 is 2.05 bits per heavy atom. The third kappa shape index (κ3) is 2.60. The van der Waals surface area contributed by atoms with Crippen molar-refractivity contribution in [3.8, 4) is 16.9 Å². The standard InChI is InChI=1S/C13H15N3O4S/c14-13(18)11-3-8(1-2-12(11)17)9-4-15-16(5-9)10-6-21(19,20)7-10/h1-5,10,17,19-20H,6-7H2,(H2,14,18). The Hall–Kier alpha value is -2.03. The van der Waals surface area contributed by atoms with Crippen LogP contribution in [0.5, 0.6) is 5.75 Å². The van der Waals surface area contributed by atoms with Crippen LogP contribution < -0.4 is 5.73 Å². The molecule has 1 amide bonds. The quantitative estimate of drug-likeness (QED) is 0.687. The third-order valence-corrected chi connectivity index (χ3v) is 5.33. The minimum atomic E-state index is -2.41. The fourth-order valence-corrected chi connectivity index (χ4v) is 3.76. The summed E-state index contributed by atoms with van der Waals surface area (Å²) < 4.78 is 20.5. The minimum Gasteiger partial charge on any atom is -0.507 e. The highest BCUT2D eigenvalue weighted by Gasteiger charge is 2.35. The molecule has 1 fully saturated rings. The van der Waals surface area contributed by atoms with Gasteiger partial charge in [-0.2, -0.15) is 15.7 Å². The molecule has 0 unspecified atom stereocenters. The number of rotatable bonds is 3. The van der Waals surface area contributed by atoms with Gasteiger partial charge in [-0.3, -0.25) is 18.6 Å². The van der Waals surface area contributed by atoms with Crippen LogP contribution in [-0.4, -0.2) is 41.4 Å². The van der Waals surface area contributed by atoms with Crippen LogP contribution in [0.1, 0.15) is 16.4 Å². The van der Waals surface area contributed by atoms with Crippen LogP contribution in [-0.2, 0) is 0 Å². The second-order valence-corrected chi connectivity index (χ2v) is 7.37. The average Bonchev–Trinajstić information content (AvgIpc) is 2.85. The molecule has 0 saturated carbocycles. The highest BCUT2D eigenvalue weighted by Crippen LogP contribution is 2.53. The molecule has 0 aliphatic carbocycles. The summed E-state index contributed by atoms with van der Waals surface area (Å²) in [6.07, 6.45) is 3.40. The van der Waals surface area contributed by atoms with Crippen molar-refractivity contribution in [1.82, 2.24) is 9.78 Å². The molecule has 0 bridgehead atoms. The van der Waals surface area contributed by atoms with Crippen molar-refractivity contribution in [1.29, 1.82) is 0 Å². The van der Waals surface area contributed by atoms with Gasteiger partial charge in [-0.1, -0.05) is 6.07 Å². The Bertz CT molecular complexity index is 705. The molecule has 21 heavy (non-hydrogen) atoms. The summed E-state index contributed by atoms with van der Waals surface area (Å²) >= 11 is 0. The molecule has 1 aromatic heterocycles. The van der Waals surface area contributed by atoms with Gasteiger partial charge in [0.1, 0.15) is 5.75 Å². The van der Waals surface area contributed by atoms with Gasteiger partial charge in [0.15, 0.2) is 0 Å². The zero-order valence-corrected chi connectivity index (χ0v) is 11.8. The number of hydrogen-bond acceptors (Lipinski definition) is 5. The van der Waals surface area contributed by atoms with E-state index in [4.69, 9.17) is 5.73 Å². The molecule has 2 heterocycles. The first-order chi connectivity index (χ1) is 9.85. The van der Waals surface area contributed by atoms with E-state index < -0.39 is 16.5 Å². The maximum absolute atomic E-state index is 11.2. The zero-order valence-electron chi connectivity index (χ0n) is 11.0. The van der Waals surface area contributed by atoms with Crippen LogP contribution in [0.3, 0.4) is 0 Å². The second kappa shape index (κ2) is 4.76. The van der Waals surface area contributed by atoms with Crippen LogP contribution >= 0.6 is 10.6 Å². The van der Waals surface area contributed by atoms with Crippen molar-refractivity contribution < 1.29 is 19.0 Å². The molecule has 112 valence electrons. The van der Waals surface area contributed by atoms with E-state index in [-0.39, 0.29) is 17.4 Å². The number of nitrogens with zero attached hydrogens (tertiary/aromatic N) is 2. The molecule has 1 aromatic carbocycles. The maximum atomic E-state index is 11.2. The third-order valence-electron chi connectivity index (χ3n) is 3.49. The number of hydrogen-bond donors (Lipinski definition) is 4. The zero-order chi connectivity index (χ0) is 15.2. The summed E-state index contributed by atoms with van der Waals surface area (Å²) in [6, 6.07) is 4.56. The summed E-state index contributed by atoms with van der Waals surface area (Å²) in [7, 11) is -2.41. The van der Waals surface area contributed by atoms with Crippen LogP contribution in [0, 0.1) is 0 Å². The van der Waals surface area contributed by atoms with Gasteiger partial charge >= 0.3 is 0 Å². The minimum absolute atomic E-state index is 0.0172. The van der Waals surface area contributed by atoms with E-state index in [9.17, 15) is 19.0 Å². The van der Waals surface area contributed by atoms with Gasteiger partial charge in [-0.25, -0.2) is 0 Å². The van der Waals surface area contributed by atoms with Gasteiger partial charge in [0, 0.05) is 11.8 Å². The molecule has 0 radical (unpaired) electrons. The Labute approximate surface area is 122 Å². The fourth-order valence-electron chi connectivity index (χ4n) is 2.32. The molecular weight excluding hydrogens is 294 g/mol. The largest absolute Gasteiger partial charge is 0.507 e.